The Morgan fingerprint density at radius 2 is 2.11 bits per heavy atom. The second kappa shape index (κ2) is 6.25. The number of halogens is 1. The first-order valence-corrected chi connectivity index (χ1v) is 9.07. The van der Waals surface area contributed by atoms with E-state index in [-0.39, 0.29) is 6.10 Å². The fourth-order valence-electron chi connectivity index (χ4n) is 3.74. The van der Waals surface area contributed by atoms with Crippen LogP contribution in [0.3, 0.4) is 0 Å². The average Bonchev–Trinajstić information content (AvgIpc) is 3.01. The maximum Gasteiger partial charge on any atom is 0.0583 e. The van der Waals surface area contributed by atoms with Gasteiger partial charge in [0.15, 0.2) is 0 Å². The van der Waals surface area contributed by atoms with Gasteiger partial charge in [-0.2, -0.15) is 0 Å². The molecule has 106 valence electrons. The first-order chi connectivity index (χ1) is 9.25. The first kappa shape index (κ1) is 14.1. The normalized spacial score (nSPS) is 32.8. The SMILES string of the molecule is OC1CCCCC1C1CCCN1Cc1sccc1Br. The Hall–Kier alpha value is 0.100. The molecular formula is C15H22BrNOS. The number of thiophene rings is 1. The molecule has 0 aromatic carbocycles. The molecule has 1 aromatic heterocycles. The Balaban J connectivity index is 1.69. The third-order valence-corrected chi connectivity index (χ3v) is 6.64. The van der Waals surface area contributed by atoms with Crippen molar-refractivity contribution in [3.8, 4) is 0 Å². The topological polar surface area (TPSA) is 23.5 Å². The Morgan fingerprint density at radius 1 is 1.26 bits per heavy atom. The van der Waals surface area contributed by atoms with Crippen LogP contribution >= 0.6 is 27.3 Å². The monoisotopic (exact) mass is 343 g/mol. The van der Waals surface area contributed by atoms with Crippen LogP contribution in [0.1, 0.15) is 43.4 Å². The van der Waals surface area contributed by atoms with Crippen LogP contribution in [0.4, 0.5) is 0 Å². The zero-order valence-corrected chi connectivity index (χ0v) is 13.6. The summed E-state index contributed by atoms with van der Waals surface area (Å²) in [5.74, 6) is 0.509. The summed E-state index contributed by atoms with van der Waals surface area (Å²) >= 11 is 5.47. The van der Waals surface area contributed by atoms with Crippen molar-refractivity contribution < 1.29 is 5.11 Å². The van der Waals surface area contributed by atoms with Gasteiger partial charge >= 0.3 is 0 Å². The minimum atomic E-state index is -0.0638. The van der Waals surface area contributed by atoms with Crippen LogP contribution in [0.5, 0.6) is 0 Å². The standard InChI is InChI=1S/C15H22BrNOS/c16-12-7-9-19-15(12)10-17-8-3-5-13(17)11-4-1-2-6-14(11)18/h7,9,11,13-14,18H,1-6,8,10H2. The number of rotatable bonds is 3. The van der Waals surface area contributed by atoms with E-state index >= 15 is 0 Å². The van der Waals surface area contributed by atoms with E-state index in [9.17, 15) is 5.11 Å². The van der Waals surface area contributed by atoms with E-state index in [1.54, 1.807) is 0 Å². The maximum absolute atomic E-state index is 10.3. The van der Waals surface area contributed by atoms with Gasteiger partial charge in [-0.05, 0) is 59.6 Å². The van der Waals surface area contributed by atoms with E-state index in [4.69, 9.17) is 0 Å². The number of aliphatic hydroxyl groups is 1. The van der Waals surface area contributed by atoms with E-state index < -0.39 is 0 Å². The molecule has 19 heavy (non-hydrogen) atoms. The van der Waals surface area contributed by atoms with E-state index in [1.165, 1.54) is 48.0 Å². The molecular weight excluding hydrogens is 322 g/mol. The number of hydrogen-bond donors (Lipinski definition) is 1. The van der Waals surface area contributed by atoms with Gasteiger partial charge in [0.1, 0.15) is 0 Å². The fraction of sp³-hybridized carbons (Fsp3) is 0.733. The lowest BCUT2D eigenvalue weighted by atomic mass is 9.80. The average molecular weight is 344 g/mol. The lowest BCUT2D eigenvalue weighted by Crippen LogP contribution is -2.42. The van der Waals surface area contributed by atoms with Crippen molar-refractivity contribution >= 4 is 27.3 Å². The van der Waals surface area contributed by atoms with Gasteiger partial charge in [0, 0.05) is 27.9 Å². The lowest BCUT2D eigenvalue weighted by Gasteiger charge is -2.37. The molecule has 2 nitrogen and oxygen atoms in total. The lowest BCUT2D eigenvalue weighted by molar-refractivity contribution is 0.0203. The Kier molecular flexibility index (Phi) is 4.62. The molecule has 0 amide bonds. The molecule has 2 aliphatic rings. The van der Waals surface area contributed by atoms with Crippen molar-refractivity contribution in [1.82, 2.24) is 4.90 Å². The molecule has 1 aliphatic carbocycles. The number of aliphatic hydroxyl groups excluding tert-OH is 1. The summed E-state index contributed by atoms with van der Waals surface area (Å²) in [6.07, 6.45) is 7.23. The molecule has 1 aliphatic heterocycles. The first-order valence-electron chi connectivity index (χ1n) is 7.39. The van der Waals surface area contributed by atoms with Crippen LogP contribution in [0, 0.1) is 5.92 Å². The predicted molar refractivity (Wildman–Crippen MR) is 83.4 cm³/mol. The molecule has 3 unspecified atom stereocenters. The summed E-state index contributed by atoms with van der Waals surface area (Å²) in [6.45, 7) is 2.24. The minimum absolute atomic E-state index is 0.0638. The van der Waals surface area contributed by atoms with E-state index in [0.717, 1.165) is 13.0 Å². The predicted octanol–water partition coefficient (Wildman–Crippen LogP) is 4.03. The van der Waals surface area contributed by atoms with Crippen LogP contribution in [0.2, 0.25) is 0 Å². The molecule has 3 atom stereocenters. The molecule has 0 spiro atoms. The maximum atomic E-state index is 10.3. The Labute approximate surface area is 127 Å². The molecule has 1 saturated carbocycles. The van der Waals surface area contributed by atoms with Gasteiger partial charge in [-0.3, -0.25) is 4.90 Å². The van der Waals surface area contributed by atoms with E-state index in [2.05, 4.69) is 32.3 Å². The molecule has 0 radical (unpaired) electrons. The molecule has 0 bridgehead atoms. The van der Waals surface area contributed by atoms with Crippen molar-refractivity contribution in [3.05, 3.63) is 20.8 Å². The van der Waals surface area contributed by atoms with Gasteiger partial charge in [-0.1, -0.05) is 12.8 Å². The molecule has 2 heterocycles. The highest BCUT2D eigenvalue weighted by Crippen LogP contribution is 2.36. The van der Waals surface area contributed by atoms with Crippen LogP contribution in [0.25, 0.3) is 0 Å². The van der Waals surface area contributed by atoms with Gasteiger partial charge < -0.3 is 5.11 Å². The summed E-state index contributed by atoms with van der Waals surface area (Å²) in [5.41, 5.74) is 0. The van der Waals surface area contributed by atoms with Crippen molar-refractivity contribution in [1.29, 1.82) is 0 Å². The Bertz CT molecular complexity index is 422. The van der Waals surface area contributed by atoms with Gasteiger partial charge in [0.05, 0.1) is 6.10 Å². The highest BCUT2D eigenvalue weighted by atomic mass is 79.9. The largest absolute Gasteiger partial charge is 0.393 e. The van der Waals surface area contributed by atoms with Crippen molar-refractivity contribution in [2.24, 2.45) is 5.92 Å². The van der Waals surface area contributed by atoms with Crippen LogP contribution in [0.15, 0.2) is 15.9 Å². The smallest absolute Gasteiger partial charge is 0.0583 e. The van der Waals surface area contributed by atoms with Crippen molar-refractivity contribution in [3.63, 3.8) is 0 Å². The highest BCUT2D eigenvalue weighted by molar-refractivity contribution is 9.10. The van der Waals surface area contributed by atoms with Gasteiger partial charge in [-0.25, -0.2) is 0 Å². The number of likely N-dealkylation sites (tertiary alicyclic amines) is 1. The molecule has 1 aromatic rings. The fourth-order valence-corrected chi connectivity index (χ4v) is 5.25. The van der Waals surface area contributed by atoms with E-state index in [0.29, 0.717) is 12.0 Å². The molecule has 1 saturated heterocycles. The Morgan fingerprint density at radius 3 is 2.84 bits per heavy atom. The highest BCUT2D eigenvalue weighted by Gasteiger charge is 2.36. The van der Waals surface area contributed by atoms with Crippen molar-refractivity contribution in [2.75, 3.05) is 6.54 Å². The van der Waals surface area contributed by atoms with Gasteiger partial charge in [0.2, 0.25) is 0 Å². The molecule has 4 heteroatoms. The van der Waals surface area contributed by atoms with Crippen LogP contribution in [-0.2, 0) is 6.54 Å². The zero-order valence-electron chi connectivity index (χ0n) is 11.2. The van der Waals surface area contributed by atoms with E-state index in [1.807, 2.05) is 11.3 Å². The molecule has 2 fully saturated rings. The third-order valence-electron chi connectivity index (χ3n) is 4.73. The summed E-state index contributed by atoms with van der Waals surface area (Å²) in [5, 5.41) is 12.4. The minimum Gasteiger partial charge on any atom is -0.393 e. The third kappa shape index (κ3) is 3.07. The summed E-state index contributed by atoms with van der Waals surface area (Å²) in [6, 6.07) is 2.74. The molecule has 1 N–H and O–H groups in total. The number of nitrogens with zero attached hydrogens (tertiary/aromatic N) is 1. The summed E-state index contributed by atoms with van der Waals surface area (Å²) < 4.78 is 1.24. The van der Waals surface area contributed by atoms with Crippen LogP contribution in [-0.4, -0.2) is 28.7 Å². The second-order valence-electron chi connectivity index (χ2n) is 5.89. The van der Waals surface area contributed by atoms with Crippen LogP contribution < -0.4 is 0 Å². The van der Waals surface area contributed by atoms with Gasteiger partial charge in [0.25, 0.3) is 0 Å². The summed E-state index contributed by atoms with van der Waals surface area (Å²) in [7, 11) is 0. The quantitative estimate of drug-likeness (QED) is 0.895. The molecule has 3 rings (SSSR count). The zero-order chi connectivity index (χ0) is 13.2. The number of hydrogen-bond acceptors (Lipinski definition) is 3. The second-order valence-corrected chi connectivity index (χ2v) is 7.74. The van der Waals surface area contributed by atoms with Gasteiger partial charge in [-0.15, -0.1) is 11.3 Å². The summed E-state index contributed by atoms with van der Waals surface area (Å²) in [4.78, 5) is 4.03. The van der Waals surface area contributed by atoms with Crippen molar-refractivity contribution in [2.45, 2.75) is 57.2 Å².